The van der Waals surface area contributed by atoms with Crippen molar-refractivity contribution in [1.29, 1.82) is 0 Å². The molecule has 11 rings (SSSR count). The lowest BCUT2D eigenvalue weighted by molar-refractivity contribution is 0.660. The minimum atomic E-state index is -0.161. The summed E-state index contributed by atoms with van der Waals surface area (Å²) in [5.41, 5.74) is 17.2. The highest BCUT2D eigenvalue weighted by molar-refractivity contribution is 6.17. The van der Waals surface area contributed by atoms with Gasteiger partial charge in [-0.1, -0.05) is 166 Å². The maximum Gasteiger partial charge on any atom is 0.136 e. The molecular weight excluding hydrogens is 691 g/mol. The molecule has 0 saturated heterocycles. The van der Waals surface area contributed by atoms with E-state index in [0.29, 0.717) is 0 Å². The molecule has 2 nitrogen and oxygen atoms in total. The Morgan fingerprint density at radius 3 is 1.84 bits per heavy atom. The van der Waals surface area contributed by atoms with Gasteiger partial charge in [0.2, 0.25) is 0 Å². The van der Waals surface area contributed by atoms with E-state index in [9.17, 15) is 0 Å². The summed E-state index contributed by atoms with van der Waals surface area (Å²) in [6, 6.07) is 72.8. The molecular formula is C55H39NO. The van der Waals surface area contributed by atoms with Gasteiger partial charge >= 0.3 is 0 Å². The first-order chi connectivity index (χ1) is 28.0. The van der Waals surface area contributed by atoms with Crippen molar-refractivity contribution < 1.29 is 4.42 Å². The molecule has 1 aliphatic carbocycles. The molecule has 10 aromatic rings. The Morgan fingerprint density at radius 2 is 1.04 bits per heavy atom. The smallest absolute Gasteiger partial charge is 0.136 e. The average molecular weight is 730 g/mol. The Morgan fingerprint density at radius 1 is 0.404 bits per heavy atom. The zero-order chi connectivity index (χ0) is 38.1. The minimum absolute atomic E-state index is 0.161. The number of furan rings is 1. The molecule has 0 bridgehead atoms. The second-order valence-electron chi connectivity index (χ2n) is 15.7. The van der Waals surface area contributed by atoms with E-state index in [1.165, 1.54) is 55.3 Å². The lowest BCUT2D eigenvalue weighted by Crippen LogP contribution is -2.17. The summed E-state index contributed by atoms with van der Waals surface area (Å²) >= 11 is 0. The highest BCUT2D eigenvalue weighted by Gasteiger charge is 2.36. The Kier molecular flexibility index (Phi) is 7.55. The van der Waals surface area contributed by atoms with Gasteiger partial charge in [-0.3, -0.25) is 0 Å². The molecule has 0 radical (unpaired) electrons. The summed E-state index contributed by atoms with van der Waals surface area (Å²) in [5, 5.41) is 4.63. The highest BCUT2D eigenvalue weighted by Crippen LogP contribution is 2.53. The van der Waals surface area contributed by atoms with E-state index < -0.39 is 0 Å². The van der Waals surface area contributed by atoms with Gasteiger partial charge in [-0.2, -0.15) is 0 Å². The van der Waals surface area contributed by atoms with E-state index >= 15 is 0 Å². The highest BCUT2D eigenvalue weighted by atomic mass is 16.3. The summed E-state index contributed by atoms with van der Waals surface area (Å²) < 4.78 is 6.60. The normalized spacial score (nSPS) is 12.9. The van der Waals surface area contributed by atoms with Gasteiger partial charge in [0.25, 0.3) is 0 Å². The molecule has 0 unspecified atom stereocenters. The SMILES string of the molecule is CC1(C)c2ccccc2-c2ccc(N(c3ccc(-c4ccccc4)c(-c4ccccc4)c3)c3ccc4oc5ccccc5c4c3-c3ccc4ccccc4c3)cc21. The van der Waals surface area contributed by atoms with E-state index in [0.717, 1.165) is 50.1 Å². The Bertz CT molecular complexity index is 3150. The van der Waals surface area contributed by atoms with E-state index in [1.54, 1.807) is 0 Å². The standard InChI is InChI=1S/C55H39NO/c1-55(2)48-23-13-11-21-44(48)45-30-28-42(35-49(45)55)56(41-27-29-43(37-16-5-3-6-17-37)47(34-41)38-18-7-4-8-19-38)50-31-32-52-54(46-22-12-14-24-51(46)57-52)53(50)40-26-25-36-15-9-10-20-39(36)33-40/h3-35H,1-2H3. The largest absolute Gasteiger partial charge is 0.456 e. The van der Waals surface area contributed by atoms with E-state index in [4.69, 9.17) is 4.42 Å². The van der Waals surface area contributed by atoms with E-state index in [1.807, 2.05) is 0 Å². The van der Waals surface area contributed by atoms with Crippen molar-refractivity contribution in [3.05, 3.63) is 211 Å². The van der Waals surface area contributed by atoms with Crippen LogP contribution in [0.25, 0.3) is 77.2 Å². The number of hydrogen-bond donors (Lipinski definition) is 0. The monoisotopic (exact) mass is 729 g/mol. The van der Waals surface area contributed by atoms with Crippen molar-refractivity contribution in [3.63, 3.8) is 0 Å². The molecule has 57 heavy (non-hydrogen) atoms. The molecule has 0 atom stereocenters. The number of nitrogens with zero attached hydrogens (tertiary/aromatic N) is 1. The Labute approximate surface area is 332 Å². The summed E-state index contributed by atoms with van der Waals surface area (Å²) in [5.74, 6) is 0. The van der Waals surface area contributed by atoms with Crippen molar-refractivity contribution >= 4 is 49.8 Å². The summed E-state index contributed by atoms with van der Waals surface area (Å²) in [7, 11) is 0. The van der Waals surface area contributed by atoms with Crippen molar-refractivity contribution in [2.45, 2.75) is 19.3 Å². The van der Waals surface area contributed by atoms with Crippen LogP contribution in [0.1, 0.15) is 25.0 Å². The Hall–Kier alpha value is -7.16. The molecule has 0 spiro atoms. The maximum atomic E-state index is 6.60. The fraction of sp³-hybridized carbons (Fsp3) is 0.0545. The number of rotatable bonds is 6. The summed E-state index contributed by atoms with van der Waals surface area (Å²) in [4.78, 5) is 2.48. The van der Waals surface area contributed by atoms with Gasteiger partial charge in [0, 0.05) is 33.1 Å². The molecule has 0 aliphatic heterocycles. The van der Waals surface area contributed by atoms with Gasteiger partial charge in [0.05, 0.1) is 5.69 Å². The quantitative estimate of drug-likeness (QED) is 0.169. The van der Waals surface area contributed by atoms with Gasteiger partial charge in [-0.15, -0.1) is 0 Å². The first-order valence-corrected chi connectivity index (χ1v) is 19.8. The number of para-hydroxylation sites is 1. The van der Waals surface area contributed by atoms with Crippen LogP contribution in [-0.2, 0) is 5.41 Å². The van der Waals surface area contributed by atoms with Crippen LogP contribution in [0.5, 0.6) is 0 Å². The zero-order valence-corrected chi connectivity index (χ0v) is 31.9. The molecule has 1 aliphatic rings. The van der Waals surface area contributed by atoms with Crippen molar-refractivity contribution in [3.8, 4) is 44.5 Å². The maximum absolute atomic E-state index is 6.60. The topological polar surface area (TPSA) is 16.4 Å². The van der Waals surface area contributed by atoms with Gasteiger partial charge in [-0.25, -0.2) is 0 Å². The molecule has 270 valence electrons. The number of benzene rings is 9. The van der Waals surface area contributed by atoms with Crippen molar-refractivity contribution in [2.24, 2.45) is 0 Å². The number of fused-ring (bicyclic) bond motifs is 7. The summed E-state index contributed by atoms with van der Waals surface area (Å²) in [6.45, 7) is 4.72. The van der Waals surface area contributed by atoms with Crippen molar-refractivity contribution in [2.75, 3.05) is 4.90 Å². The molecule has 0 amide bonds. The second-order valence-corrected chi connectivity index (χ2v) is 15.7. The van der Waals surface area contributed by atoms with Crippen LogP contribution in [0.3, 0.4) is 0 Å². The predicted octanol–water partition coefficient (Wildman–Crippen LogP) is 15.5. The zero-order valence-electron chi connectivity index (χ0n) is 31.9. The number of hydrogen-bond acceptors (Lipinski definition) is 2. The summed E-state index contributed by atoms with van der Waals surface area (Å²) in [6.07, 6.45) is 0. The molecule has 1 aromatic heterocycles. The predicted molar refractivity (Wildman–Crippen MR) is 240 cm³/mol. The first kappa shape index (κ1) is 33.2. The Balaban J connectivity index is 1.23. The average Bonchev–Trinajstić information content (AvgIpc) is 3.76. The van der Waals surface area contributed by atoms with Gasteiger partial charge in [0.15, 0.2) is 0 Å². The second kappa shape index (κ2) is 13.0. The molecule has 0 saturated carbocycles. The molecule has 9 aromatic carbocycles. The van der Waals surface area contributed by atoms with Crippen LogP contribution in [0.15, 0.2) is 205 Å². The third kappa shape index (κ3) is 5.33. The fourth-order valence-electron chi connectivity index (χ4n) is 9.28. The molecule has 1 heterocycles. The van der Waals surface area contributed by atoms with E-state index in [2.05, 4.69) is 219 Å². The third-order valence-corrected chi connectivity index (χ3v) is 12.1. The lowest BCUT2D eigenvalue weighted by atomic mass is 9.82. The van der Waals surface area contributed by atoms with Gasteiger partial charge in [0.1, 0.15) is 11.2 Å². The first-order valence-electron chi connectivity index (χ1n) is 19.8. The van der Waals surface area contributed by atoms with Crippen LogP contribution >= 0.6 is 0 Å². The van der Waals surface area contributed by atoms with Crippen LogP contribution in [0.2, 0.25) is 0 Å². The molecule has 2 heteroatoms. The van der Waals surface area contributed by atoms with Gasteiger partial charge < -0.3 is 9.32 Å². The van der Waals surface area contributed by atoms with Crippen LogP contribution in [0.4, 0.5) is 17.1 Å². The van der Waals surface area contributed by atoms with Crippen LogP contribution < -0.4 is 4.90 Å². The van der Waals surface area contributed by atoms with Crippen LogP contribution in [0, 0.1) is 0 Å². The fourth-order valence-corrected chi connectivity index (χ4v) is 9.28. The minimum Gasteiger partial charge on any atom is -0.456 e. The molecule has 0 fully saturated rings. The van der Waals surface area contributed by atoms with Crippen molar-refractivity contribution in [1.82, 2.24) is 0 Å². The molecule has 0 N–H and O–H groups in total. The lowest BCUT2D eigenvalue weighted by Gasteiger charge is -2.31. The number of anilines is 3. The van der Waals surface area contributed by atoms with E-state index in [-0.39, 0.29) is 5.41 Å². The van der Waals surface area contributed by atoms with Crippen LogP contribution in [-0.4, -0.2) is 0 Å². The third-order valence-electron chi connectivity index (χ3n) is 12.1. The van der Waals surface area contributed by atoms with Gasteiger partial charge in [-0.05, 0) is 109 Å².